The van der Waals surface area contributed by atoms with Crippen molar-refractivity contribution in [3.63, 3.8) is 0 Å². The van der Waals surface area contributed by atoms with E-state index in [0.29, 0.717) is 11.6 Å². The normalized spacial score (nSPS) is 26.5. The largest absolute Gasteiger partial charge is 0.365 e. The van der Waals surface area contributed by atoms with E-state index in [-0.39, 0.29) is 12.4 Å². The first-order chi connectivity index (χ1) is 7.70. The zero-order valence-electron chi connectivity index (χ0n) is 9.27. The molecule has 0 aliphatic carbocycles. The lowest BCUT2D eigenvalue weighted by molar-refractivity contribution is -0.0511. The van der Waals surface area contributed by atoms with E-state index in [1.165, 1.54) is 0 Å². The molecular weight excluding hydrogens is 259 g/mol. The molecular formula is C12H14Cl2N2O. The Hall–Kier alpha value is -0.770. The number of rotatable bonds is 1. The van der Waals surface area contributed by atoms with Crippen molar-refractivity contribution in [3.8, 4) is 0 Å². The van der Waals surface area contributed by atoms with Crippen LogP contribution in [0.15, 0.2) is 29.3 Å². The minimum absolute atomic E-state index is 0. The standard InChI is InChI=1S/C12H13ClN2O.ClH/c13-10-5-3-9(4-6-10)12(16)8-14-11-2-1-7-15(11)12;/h3-6,16H,1-2,7-8H2;1H. The highest BCUT2D eigenvalue weighted by Crippen LogP contribution is 2.35. The maximum atomic E-state index is 10.7. The predicted octanol–water partition coefficient (Wildman–Crippen LogP) is 2.41. The van der Waals surface area contributed by atoms with Crippen molar-refractivity contribution >= 4 is 29.8 Å². The zero-order valence-corrected chi connectivity index (χ0v) is 10.8. The summed E-state index contributed by atoms with van der Waals surface area (Å²) < 4.78 is 0. The molecule has 0 amide bonds. The summed E-state index contributed by atoms with van der Waals surface area (Å²) in [6, 6.07) is 7.37. The lowest BCUT2D eigenvalue weighted by atomic mass is 10.0. The smallest absolute Gasteiger partial charge is 0.185 e. The molecule has 1 aromatic rings. The van der Waals surface area contributed by atoms with Gasteiger partial charge in [-0.25, -0.2) is 0 Å². The Kier molecular flexibility index (Phi) is 3.34. The molecule has 17 heavy (non-hydrogen) atoms. The molecule has 3 nitrogen and oxygen atoms in total. The van der Waals surface area contributed by atoms with Crippen LogP contribution in [0.4, 0.5) is 0 Å². The Bertz CT molecular complexity index is 446. The molecule has 92 valence electrons. The van der Waals surface area contributed by atoms with Crippen molar-refractivity contribution in [3.05, 3.63) is 34.9 Å². The fourth-order valence-corrected chi connectivity index (χ4v) is 2.60. The van der Waals surface area contributed by atoms with E-state index in [0.717, 1.165) is 30.8 Å². The number of aliphatic imine (C=N–C) groups is 1. The van der Waals surface area contributed by atoms with Gasteiger partial charge in [-0.3, -0.25) is 4.99 Å². The van der Waals surface area contributed by atoms with E-state index in [1.807, 2.05) is 29.2 Å². The molecule has 2 aliphatic heterocycles. The van der Waals surface area contributed by atoms with Gasteiger partial charge in [-0.15, -0.1) is 12.4 Å². The summed E-state index contributed by atoms with van der Waals surface area (Å²) in [5, 5.41) is 11.4. The van der Waals surface area contributed by atoms with Crippen LogP contribution in [0.3, 0.4) is 0 Å². The maximum Gasteiger partial charge on any atom is 0.185 e. The van der Waals surface area contributed by atoms with Gasteiger partial charge in [-0.2, -0.15) is 0 Å². The molecule has 3 rings (SSSR count). The summed E-state index contributed by atoms with van der Waals surface area (Å²) in [6.07, 6.45) is 2.06. The van der Waals surface area contributed by atoms with Crippen molar-refractivity contribution in [2.24, 2.45) is 4.99 Å². The molecule has 0 bridgehead atoms. The van der Waals surface area contributed by atoms with Crippen molar-refractivity contribution < 1.29 is 5.11 Å². The van der Waals surface area contributed by atoms with Crippen LogP contribution >= 0.6 is 24.0 Å². The molecule has 1 N–H and O–H groups in total. The Morgan fingerprint density at radius 1 is 1.29 bits per heavy atom. The third kappa shape index (κ3) is 1.92. The van der Waals surface area contributed by atoms with Crippen LogP contribution in [0.5, 0.6) is 0 Å². The van der Waals surface area contributed by atoms with Crippen molar-refractivity contribution in [2.45, 2.75) is 18.6 Å². The number of amidine groups is 1. The second kappa shape index (κ2) is 4.48. The number of aliphatic hydroxyl groups is 1. The van der Waals surface area contributed by atoms with Crippen LogP contribution in [0.25, 0.3) is 0 Å². The van der Waals surface area contributed by atoms with Gasteiger partial charge in [0.25, 0.3) is 0 Å². The van der Waals surface area contributed by atoms with Crippen LogP contribution in [-0.4, -0.2) is 28.9 Å². The second-order valence-electron chi connectivity index (χ2n) is 4.31. The van der Waals surface area contributed by atoms with Gasteiger partial charge in [0.15, 0.2) is 5.72 Å². The Labute approximate surface area is 112 Å². The predicted molar refractivity (Wildman–Crippen MR) is 70.8 cm³/mol. The molecule has 1 unspecified atom stereocenters. The average molecular weight is 273 g/mol. The Morgan fingerprint density at radius 2 is 2.00 bits per heavy atom. The molecule has 0 spiro atoms. The number of benzene rings is 1. The first-order valence-corrected chi connectivity index (χ1v) is 5.87. The Morgan fingerprint density at radius 3 is 2.71 bits per heavy atom. The maximum absolute atomic E-state index is 10.7. The van der Waals surface area contributed by atoms with Crippen LogP contribution < -0.4 is 0 Å². The molecule has 5 heteroatoms. The topological polar surface area (TPSA) is 35.8 Å². The lowest BCUT2D eigenvalue weighted by Gasteiger charge is -2.32. The van der Waals surface area contributed by atoms with Crippen LogP contribution in [0.1, 0.15) is 18.4 Å². The monoisotopic (exact) mass is 272 g/mol. The van der Waals surface area contributed by atoms with Gasteiger partial charge < -0.3 is 10.0 Å². The van der Waals surface area contributed by atoms with E-state index in [9.17, 15) is 5.11 Å². The highest BCUT2D eigenvalue weighted by Gasteiger charge is 2.44. The SMILES string of the molecule is Cl.OC1(c2ccc(Cl)cc2)CN=C2CCCN21. The number of halogens is 2. The summed E-state index contributed by atoms with van der Waals surface area (Å²) >= 11 is 5.85. The molecule has 2 heterocycles. The quantitative estimate of drug-likeness (QED) is 0.853. The van der Waals surface area contributed by atoms with Crippen molar-refractivity contribution in [1.29, 1.82) is 0 Å². The molecule has 0 saturated carbocycles. The van der Waals surface area contributed by atoms with E-state index in [4.69, 9.17) is 11.6 Å². The number of nitrogens with zero attached hydrogens (tertiary/aromatic N) is 2. The third-order valence-corrected chi connectivity index (χ3v) is 3.58. The molecule has 1 saturated heterocycles. The molecule has 0 radical (unpaired) electrons. The summed E-state index contributed by atoms with van der Waals surface area (Å²) in [4.78, 5) is 6.42. The molecule has 2 aliphatic rings. The number of hydrogen-bond donors (Lipinski definition) is 1. The van der Waals surface area contributed by atoms with Gasteiger partial charge in [0.1, 0.15) is 5.84 Å². The summed E-state index contributed by atoms with van der Waals surface area (Å²) in [5.41, 5.74) is -0.0753. The molecule has 1 aromatic carbocycles. The second-order valence-corrected chi connectivity index (χ2v) is 4.75. The van der Waals surface area contributed by atoms with Crippen LogP contribution in [-0.2, 0) is 5.72 Å². The van der Waals surface area contributed by atoms with Gasteiger partial charge in [0, 0.05) is 23.6 Å². The summed E-state index contributed by atoms with van der Waals surface area (Å²) in [5.74, 6) is 1.04. The van der Waals surface area contributed by atoms with E-state index < -0.39 is 5.72 Å². The molecule has 1 atom stereocenters. The van der Waals surface area contributed by atoms with Crippen LogP contribution in [0.2, 0.25) is 5.02 Å². The number of fused-ring (bicyclic) bond motifs is 1. The molecule has 1 fully saturated rings. The van der Waals surface area contributed by atoms with E-state index in [1.54, 1.807) is 0 Å². The van der Waals surface area contributed by atoms with Crippen molar-refractivity contribution in [1.82, 2.24) is 4.90 Å². The lowest BCUT2D eigenvalue weighted by Crippen LogP contribution is -2.44. The van der Waals surface area contributed by atoms with Gasteiger partial charge in [-0.1, -0.05) is 23.7 Å². The number of hydrogen-bond acceptors (Lipinski definition) is 3. The fraction of sp³-hybridized carbons (Fsp3) is 0.417. The van der Waals surface area contributed by atoms with Gasteiger partial charge >= 0.3 is 0 Å². The minimum Gasteiger partial charge on any atom is -0.365 e. The summed E-state index contributed by atoms with van der Waals surface area (Å²) in [6.45, 7) is 1.32. The highest BCUT2D eigenvalue weighted by molar-refractivity contribution is 6.30. The van der Waals surface area contributed by atoms with E-state index in [2.05, 4.69) is 4.99 Å². The van der Waals surface area contributed by atoms with Crippen LogP contribution in [0, 0.1) is 0 Å². The first-order valence-electron chi connectivity index (χ1n) is 5.49. The molecule has 0 aromatic heterocycles. The minimum atomic E-state index is -0.948. The van der Waals surface area contributed by atoms with Crippen molar-refractivity contribution in [2.75, 3.05) is 13.1 Å². The zero-order chi connectivity index (χ0) is 11.2. The Balaban J connectivity index is 0.00000108. The van der Waals surface area contributed by atoms with Gasteiger partial charge in [-0.05, 0) is 18.6 Å². The van der Waals surface area contributed by atoms with Gasteiger partial charge in [0.2, 0.25) is 0 Å². The highest BCUT2D eigenvalue weighted by atomic mass is 35.5. The van der Waals surface area contributed by atoms with E-state index >= 15 is 0 Å². The first kappa shape index (κ1) is 12.7. The fourth-order valence-electron chi connectivity index (χ4n) is 2.47. The third-order valence-electron chi connectivity index (χ3n) is 3.33. The van der Waals surface area contributed by atoms with Gasteiger partial charge in [0.05, 0.1) is 6.54 Å². The summed E-state index contributed by atoms with van der Waals surface area (Å²) in [7, 11) is 0. The average Bonchev–Trinajstić information content (AvgIpc) is 2.85.